The van der Waals surface area contributed by atoms with Crippen LogP contribution < -0.4 is 5.32 Å². The SMILES string of the molecule is Oc1ccc(CNc2ccccc2Cc2ccccc2)cc1. The maximum atomic E-state index is 9.33. The van der Waals surface area contributed by atoms with Gasteiger partial charge in [-0.25, -0.2) is 0 Å². The number of nitrogens with one attached hydrogen (secondary N) is 1. The van der Waals surface area contributed by atoms with Gasteiger partial charge in [-0.05, 0) is 41.3 Å². The molecule has 0 saturated heterocycles. The summed E-state index contributed by atoms with van der Waals surface area (Å²) in [4.78, 5) is 0. The lowest BCUT2D eigenvalue weighted by Crippen LogP contribution is -2.02. The molecule has 0 fully saturated rings. The molecule has 3 aromatic carbocycles. The van der Waals surface area contributed by atoms with Crippen molar-refractivity contribution in [2.24, 2.45) is 0 Å². The van der Waals surface area contributed by atoms with Gasteiger partial charge in [0.05, 0.1) is 0 Å². The van der Waals surface area contributed by atoms with Crippen LogP contribution in [0.1, 0.15) is 16.7 Å². The number of hydrogen-bond acceptors (Lipinski definition) is 2. The fourth-order valence-electron chi connectivity index (χ4n) is 2.47. The summed E-state index contributed by atoms with van der Waals surface area (Å²) in [7, 11) is 0. The molecule has 2 heteroatoms. The van der Waals surface area contributed by atoms with Crippen molar-refractivity contribution in [1.29, 1.82) is 0 Å². The molecule has 0 unspecified atom stereocenters. The summed E-state index contributed by atoms with van der Waals surface area (Å²) in [6.07, 6.45) is 0.916. The highest BCUT2D eigenvalue weighted by Crippen LogP contribution is 2.20. The summed E-state index contributed by atoms with van der Waals surface area (Å²) in [5.41, 5.74) is 4.89. The number of benzene rings is 3. The zero-order chi connectivity index (χ0) is 15.2. The maximum absolute atomic E-state index is 9.33. The van der Waals surface area contributed by atoms with Crippen LogP contribution in [0.4, 0.5) is 5.69 Å². The fourth-order valence-corrected chi connectivity index (χ4v) is 2.47. The fraction of sp³-hybridized carbons (Fsp3) is 0.100. The van der Waals surface area contributed by atoms with Crippen LogP contribution in [0.25, 0.3) is 0 Å². The van der Waals surface area contributed by atoms with E-state index in [-0.39, 0.29) is 0 Å². The van der Waals surface area contributed by atoms with Crippen molar-refractivity contribution < 1.29 is 5.11 Å². The average molecular weight is 289 g/mol. The third-order valence-corrected chi connectivity index (χ3v) is 3.67. The van der Waals surface area contributed by atoms with Crippen LogP contribution in [0.15, 0.2) is 78.9 Å². The molecule has 0 heterocycles. The van der Waals surface area contributed by atoms with Gasteiger partial charge in [0.2, 0.25) is 0 Å². The van der Waals surface area contributed by atoms with Crippen LogP contribution in [-0.2, 0) is 13.0 Å². The van der Waals surface area contributed by atoms with E-state index in [0.717, 1.165) is 24.2 Å². The Labute approximate surface area is 131 Å². The molecule has 3 rings (SSSR count). The van der Waals surface area contributed by atoms with Crippen molar-refractivity contribution in [3.05, 3.63) is 95.6 Å². The minimum atomic E-state index is 0.299. The maximum Gasteiger partial charge on any atom is 0.115 e. The standard InChI is InChI=1S/C20H19NO/c22-19-12-10-17(11-13-19)15-21-20-9-5-4-8-18(20)14-16-6-2-1-3-7-16/h1-13,21-22H,14-15H2. The molecule has 0 bridgehead atoms. The Kier molecular flexibility index (Phi) is 4.40. The summed E-state index contributed by atoms with van der Waals surface area (Å²) in [5, 5.41) is 12.8. The predicted molar refractivity (Wildman–Crippen MR) is 91.1 cm³/mol. The molecular weight excluding hydrogens is 270 g/mol. The number of para-hydroxylation sites is 1. The lowest BCUT2D eigenvalue weighted by Gasteiger charge is -2.12. The topological polar surface area (TPSA) is 32.3 Å². The van der Waals surface area contributed by atoms with E-state index in [9.17, 15) is 5.11 Å². The van der Waals surface area contributed by atoms with Gasteiger partial charge in [0.25, 0.3) is 0 Å². The van der Waals surface area contributed by atoms with Gasteiger partial charge in [0, 0.05) is 12.2 Å². The van der Waals surface area contributed by atoms with Gasteiger partial charge in [-0.15, -0.1) is 0 Å². The summed E-state index contributed by atoms with van der Waals surface area (Å²) in [5.74, 6) is 0.299. The Morgan fingerprint density at radius 2 is 1.36 bits per heavy atom. The molecule has 2 nitrogen and oxygen atoms in total. The van der Waals surface area contributed by atoms with E-state index in [2.05, 4.69) is 47.8 Å². The van der Waals surface area contributed by atoms with Gasteiger partial charge >= 0.3 is 0 Å². The highest BCUT2D eigenvalue weighted by molar-refractivity contribution is 5.53. The first-order chi connectivity index (χ1) is 10.8. The van der Waals surface area contributed by atoms with Gasteiger partial charge in [-0.1, -0.05) is 60.7 Å². The highest BCUT2D eigenvalue weighted by atomic mass is 16.3. The normalized spacial score (nSPS) is 10.4. The van der Waals surface area contributed by atoms with E-state index in [1.807, 2.05) is 24.3 Å². The molecule has 0 atom stereocenters. The number of aromatic hydroxyl groups is 1. The molecule has 0 aromatic heterocycles. The van der Waals surface area contributed by atoms with Crippen LogP contribution in [0.3, 0.4) is 0 Å². The molecule has 0 aliphatic rings. The Hall–Kier alpha value is -2.74. The first-order valence-electron chi connectivity index (χ1n) is 7.45. The minimum absolute atomic E-state index is 0.299. The van der Waals surface area contributed by atoms with Crippen molar-refractivity contribution in [2.75, 3.05) is 5.32 Å². The van der Waals surface area contributed by atoms with Crippen LogP contribution in [0, 0.1) is 0 Å². The number of phenols is 1. The lowest BCUT2D eigenvalue weighted by atomic mass is 10.0. The van der Waals surface area contributed by atoms with E-state index >= 15 is 0 Å². The smallest absolute Gasteiger partial charge is 0.115 e. The van der Waals surface area contributed by atoms with Crippen molar-refractivity contribution in [2.45, 2.75) is 13.0 Å². The summed E-state index contributed by atoms with van der Waals surface area (Å²) < 4.78 is 0. The first-order valence-corrected chi connectivity index (χ1v) is 7.45. The molecule has 0 aliphatic heterocycles. The Morgan fingerprint density at radius 3 is 2.14 bits per heavy atom. The Morgan fingerprint density at radius 1 is 0.682 bits per heavy atom. The minimum Gasteiger partial charge on any atom is -0.508 e. The molecule has 0 spiro atoms. The molecule has 3 aromatic rings. The zero-order valence-electron chi connectivity index (χ0n) is 12.4. The molecule has 0 aliphatic carbocycles. The molecule has 0 radical (unpaired) electrons. The molecule has 22 heavy (non-hydrogen) atoms. The van der Waals surface area contributed by atoms with Crippen molar-refractivity contribution in [3.8, 4) is 5.75 Å². The Bertz CT molecular complexity index is 720. The van der Waals surface area contributed by atoms with E-state index in [0.29, 0.717) is 5.75 Å². The third kappa shape index (κ3) is 3.67. The lowest BCUT2D eigenvalue weighted by molar-refractivity contribution is 0.475. The molecule has 0 amide bonds. The van der Waals surface area contributed by atoms with Crippen molar-refractivity contribution in [3.63, 3.8) is 0 Å². The average Bonchev–Trinajstić information content (AvgIpc) is 2.56. The zero-order valence-corrected chi connectivity index (χ0v) is 12.4. The summed E-state index contributed by atoms with van der Waals surface area (Å²) >= 11 is 0. The van der Waals surface area contributed by atoms with Crippen molar-refractivity contribution in [1.82, 2.24) is 0 Å². The summed E-state index contributed by atoms with van der Waals surface area (Å²) in [6, 6.07) is 26.2. The van der Waals surface area contributed by atoms with E-state index in [1.165, 1.54) is 11.1 Å². The van der Waals surface area contributed by atoms with Gasteiger partial charge in [-0.3, -0.25) is 0 Å². The molecule has 0 saturated carbocycles. The first kappa shape index (κ1) is 14.2. The molecular formula is C20H19NO. The third-order valence-electron chi connectivity index (χ3n) is 3.67. The van der Waals surface area contributed by atoms with E-state index in [4.69, 9.17) is 0 Å². The number of hydrogen-bond donors (Lipinski definition) is 2. The summed E-state index contributed by atoms with van der Waals surface area (Å²) in [6.45, 7) is 0.742. The van der Waals surface area contributed by atoms with Crippen LogP contribution >= 0.6 is 0 Å². The van der Waals surface area contributed by atoms with Gasteiger partial charge in [-0.2, -0.15) is 0 Å². The van der Waals surface area contributed by atoms with Crippen LogP contribution in [0.5, 0.6) is 5.75 Å². The highest BCUT2D eigenvalue weighted by Gasteiger charge is 2.03. The second kappa shape index (κ2) is 6.81. The van der Waals surface area contributed by atoms with Crippen LogP contribution in [-0.4, -0.2) is 5.11 Å². The number of anilines is 1. The second-order valence-corrected chi connectivity index (χ2v) is 5.34. The number of phenolic OH excluding ortho intramolecular Hbond substituents is 1. The number of rotatable bonds is 5. The van der Waals surface area contributed by atoms with Crippen molar-refractivity contribution >= 4 is 5.69 Å². The second-order valence-electron chi connectivity index (χ2n) is 5.34. The quantitative estimate of drug-likeness (QED) is 0.719. The predicted octanol–water partition coefficient (Wildman–Crippen LogP) is 4.60. The monoisotopic (exact) mass is 289 g/mol. The largest absolute Gasteiger partial charge is 0.508 e. The molecule has 2 N–H and O–H groups in total. The van der Waals surface area contributed by atoms with Gasteiger partial charge in [0.1, 0.15) is 5.75 Å². The van der Waals surface area contributed by atoms with Crippen LogP contribution in [0.2, 0.25) is 0 Å². The van der Waals surface area contributed by atoms with Gasteiger partial charge in [0.15, 0.2) is 0 Å². The van der Waals surface area contributed by atoms with E-state index < -0.39 is 0 Å². The van der Waals surface area contributed by atoms with Gasteiger partial charge < -0.3 is 10.4 Å². The van der Waals surface area contributed by atoms with E-state index in [1.54, 1.807) is 12.1 Å². The Balaban J connectivity index is 1.72. The molecule has 110 valence electrons.